The number of benzene rings is 1. The Morgan fingerprint density at radius 2 is 1.75 bits per heavy atom. The topological polar surface area (TPSA) is 20.3 Å². The largest absolute Gasteiger partial charge is 0.334 e. The van der Waals surface area contributed by atoms with Crippen LogP contribution in [0.15, 0.2) is 24.3 Å². The lowest BCUT2D eigenvalue weighted by Gasteiger charge is -2.24. The molecule has 1 aromatic rings. The molecule has 0 aliphatic carbocycles. The van der Waals surface area contributed by atoms with Gasteiger partial charge in [0.05, 0.1) is 6.04 Å². The molecule has 0 aliphatic rings. The Balaban J connectivity index is 2.81. The van der Waals surface area contributed by atoms with Gasteiger partial charge in [0.25, 0.3) is 5.91 Å². The number of hydrogen-bond donors (Lipinski definition) is 0. The van der Waals surface area contributed by atoms with E-state index in [1.807, 2.05) is 0 Å². The molecule has 0 aromatic heterocycles. The van der Waals surface area contributed by atoms with Crippen molar-refractivity contribution in [1.29, 1.82) is 0 Å². The molecule has 0 spiro atoms. The maximum absolute atomic E-state index is 12.6. The molecule has 0 heterocycles. The number of alkyl halides is 2. The number of nitrogens with zero attached hydrogens (tertiary/aromatic N) is 1. The normalized spacial score (nSPS) is 12.6. The first-order valence-electron chi connectivity index (χ1n) is 4.73. The van der Waals surface area contributed by atoms with Gasteiger partial charge in [-0.25, -0.2) is 4.39 Å². The van der Waals surface area contributed by atoms with E-state index in [0.29, 0.717) is 5.56 Å². The molecule has 0 aliphatic heterocycles. The summed E-state index contributed by atoms with van der Waals surface area (Å²) in [6.07, 6.45) is -3.02. The fourth-order valence-electron chi connectivity index (χ4n) is 1.31. The van der Waals surface area contributed by atoms with Gasteiger partial charge in [-0.1, -0.05) is 12.1 Å². The van der Waals surface area contributed by atoms with Crippen molar-refractivity contribution in [2.24, 2.45) is 0 Å². The molecule has 1 amide bonds. The highest BCUT2D eigenvalue weighted by atomic mass is 19.3. The number of hydrogen-bond acceptors (Lipinski definition) is 1. The van der Waals surface area contributed by atoms with Gasteiger partial charge in [0.1, 0.15) is 5.82 Å². The second kappa shape index (κ2) is 5.01. The first kappa shape index (κ1) is 12.5. The monoisotopic (exact) mass is 231 g/mol. The second-order valence-electron chi connectivity index (χ2n) is 3.48. The highest BCUT2D eigenvalue weighted by Gasteiger charge is 2.24. The minimum Gasteiger partial charge on any atom is -0.334 e. The highest BCUT2D eigenvalue weighted by molar-refractivity contribution is 5.79. The number of amides is 1. The molecular formula is C11H12F3NO. The Bertz CT molecular complexity index is 364. The van der Waals surface area contributed by atoms with Gasteiger partial charge in [0.2, 0.25) is 0 Å². The van der Waals surface area contributed by atoms with Crippen LogP contribution in [0.5, 0.6) is 0 Å². The van der Waals surface area contributed by atoms with Gasteiger partial charge in [-0.15, -0.1) is 0 Å². The molecule has 0 N–H and O–H groups in total. The van der Waals surface area contributed by atoms with E-state index in [-0.39, 0.29) is 0 Å². The zero-order valence-electron chi connectivity index (χ0n) is 8.95. The van der Waals surface area contributed by atoms with Gasteiger partial charge in [-0.2, -0.15) is 8.78 Å². The summed E-state index contributed by atoms with van der Waals surface area (Å²) in [5, 5.41) is 0. The lowest BCUT2D eigenvalue weighted by molar-refractivity contribution is -0.143. The SMILES string of the molecule is CC(c1ccc(F)cc1)N(C)C(=O)C(F)F. The number of halogens is 3. The standard InChI is InChI=1S/C11H12F3NO/c1-7(15(2)11(16)10(13)14)8-3-5-9(12)6-4-8/h3-7,10H,1-2H3. The van der Waals surface area contributed by atoms with Gasteiger partial charge in [0.15, 0.2) is 0 Å². The van der Waals surface area contributed by atoms with Crippen LogP contribution >= 0.6 is 0 Å². The van der Waals surface area contributed by atoms with E-state index >= 15 is 0 Å². The predicted octanol–water partition coefficient (Wildman–Crippen LogP) is 2.61. The third-order valence-electron chi connectivity index (χ3n) is 2.47. The lowest BCUT2D eigenvalue weighted by Crippen LogP contribution is -2.34. The van der Waals surface area contributed by atoms with Crippen molar-refractivity contribution in [1.82, 2.24) is 4.90 Å². The van der Waals surface area contributed by atoms with Gasteiger partial charge >= 0.3 is 6.43 Å². The quantitative estimate of drug-likeness (QED) is 0.783. The molecular weight excluding hydrogens is 219 g/mol. The van der Waals surface area contributed by atoms with Crippen LogP contribution in [-0.4, -0.2) is 24.3 Å². The summed E-state index contributed by atoms with van der Waals surface area (Å²) in [5.41, 5.74) is 0.609. The van der Waals surface area contributed by atoms with Crippen molar-refractivity contribution in [3.63, 3.8) is 0 Å². The van der Waals surface area contributed by atoms with Crippen LogP contribution in [0.4, 0.5) is 13.2 Å². The molecule has 0 fully saturated rings. The van der Waals surface area contributed by atoms with Crippen molar-refractivity contribution in [3.05, 3.63) is 35.6 Å². The van der Waals surface area contributed by atoms with E-state index in [2.05, 4.69) is 0 Å². The third-order valence-corrected chi connectivity index (χ3v) is 2.47. The van der Waals surface area contributed by atoms with E-state index in [1.54, 1.807) is 6.92 Å². The van der Waals surface area contributed by atoms with Crippen molar-refractivity contribution in [2.45, 2.75) is 19.4 Å². The molecule has 0 bridgehead atoms. The van der Waals surface area contributed by atoms with Crippen LogP contribution in [0, 0.1) is 5.82 Å². The van der Waals surface area contributed by atoms with E-state index in [0.717, 1.165) is 4.90 Å². The van der Waals surface area contributed by atoms with Crippen LogP contribution in [-0.2, 0) is 4.79 Å². The lowest BCUT2D eigenvalue weighted by atomic mass is 10.1. The molecule has 0 radical (unpaired) electrons. The summed E-state index contributed by atoms with van der Waals surface area (Å²) in [6.45, 7) is 1.60. The van der Waals surface area contributed by atoms with Gasteiger partial charge in [-0.05, 0) is 24.6 Å². The molecule has 88 valence electrons. The average molecular weight is 231 g/mol. The number of carbonyl (C=O) groups excluding carboxylic acids is 1. The Morgan fingerprint density at radius 1 is 1.25 bits per heavy atom. The average Bonchev–Trinajstić information content (AvgIpc) is 2.27. The maximum Gasteiger partial charge on any atom is 0.315 e. The maximum atomic E-state index is 12.6. The minimum absolute atomic E-state index is 0.404. The molecule has 5 heteroatoms. The molecule has 0 saturated heterocycles. The van der Waals surface area contributed by atoms with Crippen molar-refractivity contribution in [2.75, 3.05) is 7.05 Å². The summed E-state index contributed by atoms with van der Waals surface area (Å²) >= 11 is 0. The Morgan fingerprint density at radius 3 is 2.19 bits per heavy atom. The molecule has 1 aromatic carbocycles. The summed E-state index contributed by atoms with van der Waals surface area (Å²) < 4.78 is 37.0. The van der Waals surface area contributed by atoms with E-state index in [9.17, 15) is 18.0 Å². The van der Waals surface area contributed by atoms with Crippen LogP contribution in [0.3, 0.4) is 0 Å². The summed E-state index contributed by atoms with van der Waals surface area (Å²) in [6, 6.07) is 4.88. The Labute approximate surface area is 91.7 Å². The highest BCUT2D eigenvalue weighted by Crippen LogP contribution is 2.20. The summed E-state index contributed by atoms with van der Waals surface area (Å²) in [7, 11) is 1.29. The second-order valence-corrected chi connectivity index (χ2v) is 3.48. The first-order valence-corrected chi connectivity index (χ1v) is 4.73. The van der Waals surface area contributed by atoms with Crippen molar-refractivity contribution >= 4 is 5.91 Å². The predicted molar refractivity (Wildman–Crippen MR) is 53.6 cm³/mol. The number of rotatable bonds is 3. The fraction of sp³-hybridized carbons (Fsp3) is 0.364. The van der Waals surface area contributed by atoms with Gasteiger partial charge in [0, 0.05) is 7.05 Å². The molecule has 1 rings (SSSR count). The molecule has 16 heavy (non-hydrogen) atoms. The smallest absolute Gasteiger partial charge is 0.315 e. The minimum atomic E-state index is -3.02. The Hall–Kier alpha value is -1.52. The van der Waals surface area contributed by atoms with E-state index in [4.69, 9.17) is 0 Å². The molecule has 2 nitrogen and oxygen atoms in total. The zero-order chi connectivity index (χ0) is 12.3. The summed E-state index contributed by atoms with van der Waals surface area (Å²) in [4.78, 5) is 12.0. The van der Waals surface area contributed by atoms with Crippen LogP contribution < -0.4 is 0 Å². The van der Waals surface area contributed by atoms with Gasteiger partial charge in [-0.3, -0.25) is 4.79 Å². The first-order chi connectivity index (χ1) is 7.43. The van der Waals surface area contributed by atoms with Crippen molar-refractivity contribution < 1.29 is 18.0 Å². The van der Waals surface area contributed by atoms with E-state index < -0.39 is 24.2 Å². The van der Waals surface area contributed by atoms with Gasteiger partial charge < -0.3 is 4.90 Å². The van der Waals surface area contributed by atoms with E-state index in [1.165, 1.54) is 31.3 Å². The third kappa shape index (κ3) is 2.74. The van der Waals surface area contributed by atoms with Crippen LogP contribution in [0.2, 0.25) is 0 Å². The number of carbonyl (C=O) groups is 1. The van der Waals surface area contributed by atoms with Crippen LogP contribution in [0.25, 0.3) is 0 Å². The zero-order valence-corrected chi connectivity index (χ0v) is 8.95. The molecule has 1 unspecified atom stereocenters. The fourth-order valence-corrected chi connectivity index (χ4v) is 1.31. The Kier molecular flexibility index (Phi) is 3.93. The molecule has 1 atom stereocenters. The van der Waals surface area contributed by atoms with Crippen molar-refractivity contribution in [3.8, 4) is 0 Å². The summed E-state index contributed by atoms with van der Waals surface area (Å²) in [5.74, 6) is -1.64. The van der Waals surface area contributed by atoms with Crippen LogP contribution in [0.1, 0.15) is 18.5 Å². The molecule has 0 saturated carbocycles.